The third kappa shape index (κ3) is 8.07. The standard InChI is InChI=1S/C12H23NO3S/c1-4-6-13(7-5-2)11(14)9-17-10(3)8-12(15)16/h10H,4-9H2,1-3H3,(H,15,16). The van der Waals surface area contributed by atoms with E-state index >= 15 is 0 Å². The number of hydrogen-bond acceptors (Lipinski definition) is 3. The maximum atomic E-state index is 11.9. The minimum absolute atomic E-state index is 0.0125. The molecule has 0 bridgehead atoms. The number of thioether (sulfide) groups is 1. The van der Waals surface area contributed by atoms with Gasteiger partial charge < -0.3 is 10.0 Å². The third-order valence-corrected chi connectivity index (χ3v) is 3.44. The molecule has 0 rings (SSSR count). The van der Waals surface area contributed by atoms with Gasteiger partial charge >= 0.3 is 5.97 Å². The zero-order chi connectivity index (χ0) is 13.3. The van der Waals surface area contributed by atoms with Gasteiger partial charge in [-0.25, -0.2) is 0 Å². The van der Waals surface area contributed by atoms with Crippen LogP contribution in [0.25, 0.3) is 0 Å². The Kier molecular flexibility index (Phi) is 8.94. The van der Waals surface area contributed by atoms with E-state index < -0.39 is 5.97 Å². The Morgan fingerprint density at radius 3 is 2.18 bits per heavy atom. The second-order valence-electron chi connectivity index (χ2n) is 4.10. The number of aliphatic carboxylic acids is 1. The van der Waals surface area contributed by atoms with Gasteiger partial charge in [-0.3, -0.25) is 9.59 Å². The molecule has 1 N–H and O–H groups in total. The maximum absolute atomic E-state index is 11.9. The number of carbonyl (C=O) groups is 2. The van der Waals surface area contributed by atoms with Gasteiger partial charge in [0, 0.05) is 18.3 Å². The molecular formula is C12H23NO3S. The molecule has 0 saturated heterocycles. The van der Waals surface area contributed by atoms with E-state index in [1.54, 1.807) is 0 Å². The fourth-order valence-corrected chi connectivity index (χ4v) is 2.38. The minimum Gasteiger partial charge on any atom is -0.481 e. The van der Waals surface area contributed by atoms with Crippen molar-refractivity contribution in [3.05, 3.63) is 0 Å². The van der Waals surface area contributed by atoms with E-state index in [0.29, 0.717) is 5.75 Å². The number of rotatable bonds is 9. The Morgan fingerprint density at radius 2 is 1.76 bits per heavy atom. The SMILES string of the molecule is CCCN(CCC)C(=O)CSC(C)CC(=O)O. The lowest BCUT2D eigenvalue weighted by Crippen LogP contribution is -2.34. The van der Waals surface area contributed by atoms with E-state index in [1.807, 2.05) is 11.8 Å². The van der Waals surface area contributed by atoms with Crippen LogP contribution in [0, 0.1) is 0 Å². The fourth-order valence-electron chi connectivity index (χ4n) is 1.51. The zero-order valence-electron chi connectivity index (χ0n) is 10.9. The van der Waals surface area contributed by atoms with Crippen molar-refractivity contribution in [3.8, 4) is 0 Å². The lowest BCUT2D eigenvalue weighted by Gasteiger charge is -2.21. The molecule has 5 heteroatoms. The number of hydrogen-bond donors (Lipinski definition) is 1. The largest absolute Gasteiger partial charge is 0.481 e. The van der Waals surface area contributed by atoms with E-state index in [-0.39, 0.29) is 17.6 Å². The van der Waals surface area contributed by atoms with Gasteiger partial charge in [0.25, 0.3) is 0 Å². The molecule has 0 aromatic rings. The van der Waals surface area contributed by atoms with Gasteiger partial charge in [-0.15, -0.1) is 11.8 Å². The molecule has 0 aromatic heterocycles. The third-order valence-electron chi connectivity index (χ3n) is 2.29. The first kappa shape index (κ1) is 16.3. The van der Waals surface area contributed by atoms with Crippen LogP contribution in [0.2, 0.25) is 0 Å². The molecular weight excluding hydrogens is 238 g/mol. The Hall–Kier alpha value is -0.710. The Labute approximate surface area is 108 Å². The molecule has 0 aliphatic heterocycles. The molecule has 0 aliphatic carbocycles. The number of carboxylic acids is 1. The van der Waals surface area contributed by atoms with Crippen molar-refractivity contribution in [2.75, 3.05) is 18.8 Å². The Balaban J connectivity index is 3.99. The van der Waals surface area contributed by atoms with Crippen molar-refractivity contribution in [3.63, 3.8) is 0 Å². The van der Waals surface area contributed by atoms with Gasteiger partial charge in [0.15, 0.2) is 0 Å². The highest BCUT2D eigenvalue weighted by atomic mass is 32.2. The highest BCUT2D eigenvalue weighted by molar-refractivity contribution is 8.00. The summed E-state index contributed by atoms with van der Waals surface area (Å²) in [5.74, 6) is -0.304. The van der Waals surface area contributed by atoms with Gasteiger partial charge in [-0.05, 0) is 12.8 Å². The first-order valence-corrected chi connectivity index (χ1v) is 7.17. The van der Waals surface area contributed by atoms with Crippen molar-refractivity contribution in [1.82, 2.24) is 4.90 Å². The van der Waals surface area contributed by atoms with Crippen LogP contribution in [0.1, 0.15) is 40.0 Å². The lowest BCUT2D eigenvalue weighted by atomic mass is 10.3. The number of amides is 1. The molecule has 0 saturated carbocycles. The summed E-state index contributed by atoms with van der Waals surface area (Å²) in [6.07, 6.45) is 2.03. The normalized spacial score (nSPS) is 12.2. The minimum atomic E-state index is -0.809. The second kappa shape index (κ2) is 9.33. The average Bonchev–Trinajstić information content (AvgIpc) is 2.24. The lowest BCUT2D eigenvalue weighted by molar-refractivity contribution is -0.137. The van der Waals surface area contributed by atoms with E-state index in [0.717, 1.165) is 25.9 Å². The number of nitrogens with zero attached hydrogens (tertiary/aromatic N) is 1. The van der Waals surface area contributed by atoms with Gasteiger partial charge in [-0.1, -0.05) is 20.8 Å². The van der Waals surface area contributed by atoms with Crippen molar-refractivity contribution in [1.29, 1.82) is 0 Å². The van der Waals surface area contributed by atoms with Crippen LogP contribution in [-0.4, -0.2) is 46.0 Å². The maximum Gasteiger partial charge on any atom is 0.304 e. The van der Waals surface area contributed by atoms with Crippen molar-refractivity contribution < 1.29 is 14.7 Å². The summed E-state index contributed by atoms with van der Waals surface area (Å²) in [7, 11) is 0. The molecule has 0 heterocycles. The molecule has 1 atom stereocenters. The molecule has 0 radical (unpaired) electrons. The van der Waals surface area contributed by atoms with E-state index in [1.165, 1.54) is 11.8 Å². The van der Waals surface area contributed by atoms with E-state index in [2.05, 4.69) is 13.8 Å². The summed E-state index contributed by atoms with van der Waals surface area (Å²) in [4.78, 5) is 24.2. The van der Waals surface area contributed by atoms with Crippen LogP contribution in [0.5, 0.6) is 0 Å². The van der Waals surface area contributed by atoms with Crippen LogP contribution in [0.4, 0.5) is 0 Å². The zero-order valence-corrected chi connectivity index (χ0v) is 11.8. The molecule has 1 unspecified atom stereocenters. The summed E-state index contributed by atoms with van der Waals surface area (Å²) in [6, 6.07) is 0. The van der Waals surface area contributed by atoms with Crippen LogP contribution in [0.3, 0.4) is 0 Å². The van der Waals surface area contributed by atoms with Gasteiger partial charge in [0.2, 0.25) is 5.91 Å². The van der Waals surface area contributed by atoms with E-state index in [9.17, 15) is 9.59 Å². The Bertz CT molecular complexity index is 240. The van der Waals surface area contributed by atoms with E-state index in [4.69, 9.17) is 5.11 Å². The van der Waals surface area contributed by atoms with Gasteiger partial charge in [0.1, 0.15) is 0 Å². The quantitative estimate of drug-likeness (QED) is 0.691. The molecule has 17 heavy (non-hydrogen) atoms. The first-order valence-electron chi connectivity index (χ1n) is 6.12. The molecule has 0 fully saturated rings. The molecule has 0 aromatic carbocycles. The predicted octanol–water partition coefficient (Wildman–Crippen LogP) is 2.23. The molecule has 4 nitrogen and oxygen atoms in total. The summed E-state index contributed by atoms with van der Waals surface area (Å²) in [6.45, 7) is 7.53. The first-order chi connectivity index (χ1) is 8.01. The summed E-state index contributed by atoms with van der Waals surface area (Å²) in [5.41, 5.74) is 0. The predicted molar refractivity (Wildman–Crippen MR) is 71.3 cm³/mol. The van der Waals surface area contributed by atoms with Crippen LogP contribution < -0.4 is 0 Å². The van der Waals surface area contributed by atoms with Gasteiger partial charge in [0.05, 0.1) is 12.2 Å². The molecule has 0 aliphatic rings. The number of carboxylic acid groups (broad SMARTS) is 1. The molecule has 0 spiro atoms. The average molecular weight is 261 g/mol. The number of carbonyl (C=O) groups excluding carboxylic acids is 1. The van der Waals surface area contributed by atoms with Gasteiger partial charge in [-0.2, -0.15) is 0 Å². The smallest absolute Gasteiger partial charge is 0.304 e. The van der Waals surface area contributed by atoms with Crippen molar-refractivity contribution in [2.24, 2.45) is 0 Å². The van der Waals surface area contributed by atoms with Crippen LogP contribution >= 0.6 is 11.8 Å². The summed E-state index contributed by atoms with van der Waals surface area (Å²) in [5, 5.41) is 8.61. The van der Waals surface area contributed by atoms with Crippen molar-refractivity contribution >= 4 is 23.6 Å². The fraction of sp³-hybridized carbons (Fsp3) is 0.833. The Morgan fingerprint density at radius 1 is 1.24 bits per heavy atom. The molecule has 1 amide bonds. The summed E-state index contributed by atoms with van der Waals surface area (Å²) < 4.78 is 0. The topological polar surface area (TPSA) is 57.6 Å². The molecule has 100 valence electrons. The summed E-state index contributed by atoms with van der Waals surface area (Å²) >= 11 is 1.42. The highest BCUT2D eigenvalue weighted by Crippen LogP contribution is 2.14. The van der Waals surface area contributed by atoms with Crippen LogP contribution in [-0.2, 0) is 9.59 Å². The van der Waals surface area contributed by atoms with Crippen molar-refractivity contribution in [2.45, 2.75) is 45.3 Å². The monoisotopic (exact) mass is 261 g/mol. The van der Waals surface area contributed by atoms with Crippen LogP contribution in [0.15, 0.2) is 0 Å². The highest BCUT2D eigenvalue weighted by Gasteiger charge is 2.14. The second-order valence-corrected chi connectivity index (χ2v) is 5.53.